The molecule has 0 spiro atoms. The molecular formula is C50H88N4O10. The lowest BCUT2D eigenvalue weighted by Crippen LogP contribution is -2.47. The van der Waals surface area contributed by atoms with Gasteiger partial charge >= 0.3 is 11.9 Å². The zero-order valence-corrected chi connectivity index (χ0v) is 40.0. The van der Waals surface area contributed by atoms with Crippen molar-refractivity contribution in [3.05, 3.63) is 23.5 Å². The Bertz CT molecular complexity index is 1330. The summed E-state index contributed by atoms with van der Waals surface area (Å²) in [5.41, 5.74) is -0.872. The molecule has 0 saturated heterocycles. The van der Waals surface area contributed by atoms with E-state index < -0.39 is 29.4 Å². The van der Waals surface area contributed by atoms with Gasteiger partial charge in [-0.2, -0.15) is 0 Å². The summed E-state index contributed by atoms with van der Waals surface area (Å²) in [5.74, 6) is -3.08. The summed E-state index contributed by atoms with van der Waals surface area (Å²) in [6.45, 7) is 6.09. The van der Waals surface area contributed by atoms with Crippen LogP contribution in [-0.2, 0) is 23.9 Å². The molecule has 0 aliphatic heterocycles. The zero-order valence-electron chi connectivity index (χ0n) is 40.0. The van der Waals surface area contributed by atoms with Crippen LogP contribution in [0.3, 0.4) is 0 Å². The monoisotopic (exact) mass is 905 g/mol. The number of carbonyl (C=O) groups excluding carboxylic acids is 3. The Balaban J connectivity index is 2.35. The number of nitrogens with zero attached hydrogens (tertiary/aromatic N) is 1. The first kappa shape index (κ1) is 58.2. The van der Waals surface area contributed by atoms with Crippen molar-refractivity contribution >= 4 is 29.7 Å². The van der Waals surface area contributed by atoms with Gasteiger partial charge in [0.15, 0.2) is 11.4 Å². The van der Waals surface area contributed by atoms with E-state index in [4.69, 9.17) is 24.4 Å². The Hall–Kier alpha value is -3.78. The Morgan fingerprint density at radius 2 is 0.906 bits per heavy atom. The zero-order chi connectivity index (χ0) is 46.7. The van der Waals surface area contributed by atoms with Crippen LogP contribution in [0.15, 0.2) is 12.1 Å². The average molecular weight is 905 g/mol. The molecule has 1 atom stereocenters. The Morgan fingerprint density at radius 1 is 0.500 bits per heavy atom. The summed E-state index contributed by atoms with van der Waals surface area (Å²) in [4.78, 5) is 64.7. The van der Waals surface area contributed by atoms with E-state index >= 15 is 0 Å². The number of aromatic carboxylic acids is 2. The van der Waals surface area contributed by atoms with Crippen LogP contribution in [0.25, 0.3) is 0 Å². The summed E-state index contributed by atoms with van der Waals surface area (Å²) in [6.07, 6.45) is 34.2. The minimum Gasteiger partial charge on any atom is -0.491 e. The van der Waals surface area contributed by atoms with Gasteiger partial charge in [0.2, 0.25) is 17.7 Å². The molecule has 0 saturated carbocycles. The first-order chi connectivity index (χ1) is 31.2. The highest BCUT2D eigenvalue weighted by Gasteiger charge is 2.20. The maximum absolute atomic E-state index is 13.2. The number of carboxylic acid groups (broad SMARTS) is 2. The Morgan fingerprint density at radius 3 is 1.36 bits per heavy atom. The molecular weight excluding hydrogens is 817 g/mol. The molecule has 368 valence electrons. The quantitative estimate of drug-likeness (QED) is 0.0390. The van der Waals surface area contributed by atoms with Crippen LogP contribution < -0.4 is 20.7 Å². The molecule has 0 aromatic carbocycles. The summed E-state index contributed by atoms with van der Waals surface area (Å²) in [6, 6.07) is 1.57. The van der Waals surface area contributed by atoms with Crippen molar-refractivity contribution < 1.29 is 48.4 Å². The number of rotatable bonds is 46. The molecule has 0 bridgehead atoms. The molecule has 1 aromatic rings. The fourth-order valence-electron chi connectivity index (χ4n) is 7.48. The number of carboxylic acids is 2. The van der Waals surface area contributed by atoms with E-state index in [1.165, 1.54) is 135 Å². The van der Waals surface area contributed by atoms with Gasteiger partial charge in [0.1, 0.15) is 18.4 Å². The summed E-state index contributed by atoms with van der Waals surface area (Å²) >= 11 is 0. The molecule has 1 aromatic heterocycles. The molecule has 1 rings (SSSR count). The molecule has 5 N–H and O–H groups in total. The lowest BCUT2D eigenvalue weighted by Gasteiger charge is -2.19. The summed E-state index contributed by atoms with van der Waals surface area (Å²) in [5, 5.41) is 27.1. The van der Waals surface area contributed by atoms with Gasteiger partial charge in [0.05, 0.1) is 26.4 Å². The average Bonchev–Trinajstić information content (AvgIpc) is 3.28. The van der Waals surface area contributed by atoms with E-state index in [1.54, 1.807) is 0 Å². The number of hydrogen-bond acceptors (Lipinski definition) is 9. The second-order valence-corrected chi connectivity index (χ2v) is 17.1. The molecule has 0 unspecified atom stereocenters. The third kappa shape index (κ3) is 34.6. The van der Waals surface area contributed by atoms with Crippen LogP contribution in [0.4, 0.5) is 0 Å². The molecule has 14 heteroatoms. The smallest absolute Gasteiger partial charge is 0.354 e. The SMILES string of the molecule is CCCCCCCCCCCCCCCC(=O)NCCC[C@H](NC(=O)CCCCCCCCCCCCCCC)C(=O)NCCOCCOCCOc1cc(C(=O)O)nc(C(=O)O)c1. The molecule has 64 heavy (non-hydrogen) atoms. The van der Waals surface area contributed by atoms with Crippen molar-refractivity contribution in [2.45, 2.75) is 213 Å². The van der Waals surface area contributed by atoms with Crippen LogP contribution in [0.1, 0.15) is 227 Å². The third-order valence-electron chi connectivity index (χ3n) is 11.3. The number of carbonyl (C=O) groups is 5. The third-order valence-corrected chi connectivity index (χ3v) is 11.3. The lowest BCUT2D eigenvalue weighted by atomic mass is 10.0. The number of hydrogen-bond donors (Lipinski definition) is 5. The Kier molecular flexibility index (Phi) is 38.1. The minimum atomic E-state index is -1.37. The maximum atomic E-state index is 13.2. The molecule has 0 aliphatic rings. The van der Waals surface area contributed by atoms with Crippen LogP contribution in [0.2, 0.25) is 0 Å². The summed E-state index contributed by atoms with van der Waals surface area (Å²) in [7, 11) is 0. The predicted molar refractivity (Wildman–Crippen MR) is 253 cm³/mol. The van der Waals surface area contributed by atoms with E-state index in [9.17, 15) is 24.0 Å². The standard InChI is InChI=1S/C50H88N4O10/c1-3-5-7-9-11-13-15-17-19-21-23-25-27-31-46(55)51-33-29-30-43(54-47(56)32-28-26-24-22-20-18-16-14-12-10-8-6-4-2)48(57)52-34-35-62-36-37-63-38-39-64-42-40-44(49(58)59)53-45(41-42)50(60)61/h40-41,43H,3-39H2,1-2H3,(H,51,55)(H,52,57)(H,54,56)(H,58,59)(H,60,61)/t43-/m0/s1. The van der Waals surface area contributed by atoms with Crippen LogP contribution in [0, 0.1) is 0 Å². The second-order valence-electron chi connectivity index (χ2n) is 17.1. The van der Waals surface area contributed by atoms with Crippen molar-refractivity contribution in [1.82, 2.24) is 20.9 Å². The van der Waals surface area contributed by atoms with Crippen molar-refractivity contribution in [3.63, 3.8) is 0 Å². The number of nitrogens with one attached hydrogen (secondary N) is 3. The van der Waals surface area contributed by atoms with Gasteiger partial charge in [0, 0.05) is 38.1 Å². The number of aromatic nitrogens is 1. The van der Waals surface area contributed by atoms with Gasteiger partial charge in [-0.05, 0) is 25.7 Å². The molecule has 3 amide bonds. The van der Waals surface area contributed by atoms with E-state index in [-0.39, 0.29) is 63.1 Å². The number of unbranched alkanes of at least 4 members (excludes halogenated alkanes) is 24. The van der Waals surface area contributed by atoms with E-state index in [2.05, 4.69) is 34.8 Å². The van der Waals surface area contributed by atoms with E-state index in [0.29, 0.717) is 32.2 Å². The molecule has 0 radical (unpaired) electrons. The maximum Gasteiger partial charge on any atom is 0.354 e. The van der Waals surface area contributed by atoms with Crippen molar-refractivity contribution in [3.8, 4) is 5.75 Å². The van der Waals surface area contributed by atoms with Gasteiger partial charge < -0.3 is 40.4 Å². The van der Waals surface area contributed by atoms with Crippen LogP contribution in [-0.4, -0.2) is 97.0 Å². The molecule has 0 fully saturated rings. The highest BCUT2D eigenvalue weighted by Crippen LogP contribution is 2.16. The highest BCUT2D eigenvalue weighted by molar-refractivity contribution is 5.90. The topological polar surface area (TPSA) is 202 Å². The van der Waals surface area contributed by atoms with Crippen molar-refractivity contribution in [2.75, 3.05) is 46.1 Å². The fraction of sp³-hybridized carbons (Fsp3) is 0.800. The molecule has 0 aliphatic carbocycles. The highest BCUT2D eigenvalue weighted by atomic mass is 16.5. The van der Waals surface area contributed by atoms with Gasteiger partial charge in [-0.15, -0.1) is 0 Å². The minimum absolute atomic E-state index is 0.0292. The van der Waals surface area contributed by atoms with Gasteiger partial charge in [-0.1, -0.05) is 168 Å². The first-order valence-electron chi connectivity index (χ1n) is 25.3. The van der Waals surface area contributed by atoms with Gasteiger partial charge in [0.25, 0.3) is 0 Å². The van der Waals surface area contributed by atoms with Crippen LogP contribution in [0.5, 0.6) is 5.75 Å². The summed E-state index contributed by atoms with van der Waals surface area (Å²) < 4.78 is 16.5. The van der Waals surface area contributed by atoms with Gasteiger partial charge in [-0.3, -0.25) is 14.4 Å². The normalized spacial score (nSPS) is 11.6. The van der Waals surface area contributed by atoms with E-state index in [0.717, 1.165) is 44.2 Å². The largest absolute Gasteiger partial charge is 0.491 e. The molecule has 1 heterocycles. The van der Waals surface area contributed by atoms with Crippen molar-refractivity contribution in [1.29, 1.82) is 0 Å². The Labute approximate surface area is 385 Å². The predicted octanol–water partition coefficient (Wildman–Crippen LogP) is 10.3. The molecule has 14 nitrogen and oxygen atoms in total. The second kappa shape index (κ2) is 41.9. The number of pyridine rings is 1. The van der Waals surface area contributed by atoms with Crippen molar-refractivity contribution in [2.24, 2.45) is 0 Å². The van der Waals surface area contributed by atoms with E-state index in [1.807, 2.05) is 0 Å². The first-order valence-corrected chi connectivity index (χ1v) is 25.3. The number of ether oxygens (including phenoxy) is 3. The fourth-order valence-corrected chi connectivity index (χ4v) is 7.48. The number of amides is 3. The lowest BCUT2D eigenvalue weighted by molar-refractivity contribution is -0.129. The van der Waals surface area contributed by atoms with Gasteiger partial charge in [-0.25, -0.2) is 14.6 Å². The van der Waals surface area contributed by atoms with Crippen LogP contribution >= 0.6 is 0 Å².